The van der Waals surface area contributed by atoms with Gasteiger partial charge in [0, 0.05) is 23.4 Å². The molecule has 0 fully saturated rings. The topological polar surface area (TPSA) is 98.2 Å². The van der Waals surface area contributed by atoms with E-state index in [1.807, 2.05) is 0 Å². The molecular weight excluding hydrogens is 249 g/mol. The summed E-state index contributed by atoms with van der Waals surface area (Å²) in [4.78, 5) is 23.0. The minimum absolute atomic E-state index is 0.0660. The Morgan fingerprint density at radius 1 is 1.37 bits per heavy atom. The van der Waals surface area contributed by atoms with Gasteiger partial charge in [0.25, 0.3) is 5.91 Å². The van der Waals surface area contributed by atoms with E-state index in [1.165, 1.54) is 13.0 Å². The Morgan fingerprint density at radius 2 is 1.95 bits per heavy atom. The van der Waals surface area contributed by atoms with Crippen LogP contribution in [0.15, 0.2) is 12.1 Å². The molecule has 1 aromatic carbocycles. The lowest BCUT2D eigenvalue weighted by Crippen LogP contribution is -2.42. The number of hydrogen-bond donors (Lipinski definition) is 3. The Morgan fingerprint density at radius 3 is 2.42 bits per heavy atom. The van der Waals surface area contributed by atoms with Gasteiger partial charge in [-0.05, 0) is 32.9 Å². The normalized spacial score (nSPS) is 11.2. The molecule has 0 aliphatic heterocycles. The number of nitrogens with one attached hydrogen (secondary N) is 1. The van der Waals surface area contributed by atoms with Crippen LogP contribution in [0.25, 0.3) is 0 Å². The Labute approximate surface area is 111 Å². The second-order valence-electron chi connectivity index (χ2n) is 5.10. The SMILES string of the molecule is Cc1c(N)cc(C(=O)NCC(C)(C)C(N)=O)cc1F. The Hall–Kier alpha value is -2.11. The van der Waals surface area contributed by atoms with Crippen LogP contribution in [0, 0.1) is 18.2 Å². The average molecular weight is 267 g/mol. The fraction of sp³-hybridized carbons (Fsp3) is 0.385. The third kappa shape index (κ3) is 3.43. The largest absolute Gasteiger partial charge is 0.398 e. The molecule has 0 heterocycles. The van der Waals surface area contributed by atoms with Crippen LogP contribution in [-0.4, -0.2) is 18.4 Å². The predicted octanol–water partition coefficient (Wildman–Crippen LogP) is 0.958. The third-order valence-corrected chi connectivity index (χ3v) is 3.00. The van der Waals surface area contributed by atoms with Gasteiger partial charge >= 0.3 is 0 Å². The minimum atomic E-state index is -0.871. The molecule has 0 saturated carbocycles. The van der Waals surface area contributed by atoms with E-state index in [0.717, 1.165) is 6.07 Å². The molecule has 0 saturated heterocycles. The predicted molar refractivity (Wildman–Crippen MR) is 70.9 cm³/mol. The van der Waals surface area contributed by atoms with Crippen LogP contribution in [0.3, 0.4) is 0 Å². The molecule has 0 unspecified atom stereocenters. The van der Waals surface area contributed by atoms with Gasteiger partial charge in [-0.15, -0.1) is 0 Å². The summed E-state index contributed by atoms with van der Waals surface area (Å²) in [5.74, 6) is -1.57. The van der Waals surface area contributed by atoms with Gasteiger partial charge in [0.2, 0.25) is 5.91 Å². The number of amides is 2. The molecule has 19 heavy (non-hydrogen) atoms. The summed E-state index contributed by atoms with van der Waals surface area (Å²) in [6, 6.07) is 2.50. The van der Waals surface area contributed by atoms with Crippen molar-refractivity contribution in [3.63, 3.8) is 0 Å². The zero-order valence-corrected chi connectivity index (χ0v) is 11.2. The molecule has 0 aliphatic carbocycles. The number of halogens is 1. The lowest BCUT2D eigenvalue weighted by Gasteiger charge is -2.20. The van der Waals surface area contributed by atoms with E-state index in [4.69, 9.17) is 11.5 Å². The van der Waals surface area contributed by atoms with Crippen molar-refractivity contribution in [2.24, 2.45) is 11.1 Å². The van der Waals surface area contributed by atoms with Crippen LogP contribution in [0.5, 0.6) is 0 Å². The van der Waals surface area contributed by atoms with Crippen molar-refractivity contribution in [1.29, 1.82) is 0 Å². The number of carbonyl (C=O) groups is 2. The number of nitrogens with two attached hydrogens (primary N) is 2. The maximum atomic E-state index is 13.5. The molecule has 6 heteroatoms. The molecule has 0 bridgehead atoms. The summed E-state index contributed by atoms with van der Waals surface area (Å²) >= 11 is 0. The molecule has 2 amide bonds. The Kier molecular flexibility index (Phi) is 4.14. The zero-order chi connectivity index (χ0) is 14.8. The molecule has 5 nitrogen and oxygen atoms in total. The highest BCUT2D eigenvalue weighted by Crippen LogP contribution is 2.18. The van der Waals surface area contributed by atoms with Gasteiger partial charge in [-0.3, -0.25) is 9.59 Å². The van der Waals surface area contributed by atoms with E-state index in [-0.39, 0.29) is 17.8 Å². The van der Waals surface area contributed by atoms with E-state index in [9.17, 15) is 14.0 Å². The fourth-order valence-electron chi connectivity index (χ4n) is 1.32. The van der Waals surface area contributed by atoms with E-state index in [0.29, 0.717) is 5.56 Å². The van der Waals surface area contributed by atoms with Gasteiger partial charge < -0.3 is 16.8 Å². The summed E-state index contributed by atoms with van der Waals surface area (Å²) in [5, 5.41) is 2.53. The molecule has 0 spiro atoms. The summed E-state index contributed by atoms with van der Waals surface area (Å²) in [6.45, 7) is 4.82. The molecule has 0 atom stereocenters. The first-order valence-electron chi connectivity index (χ1n) is 5.79. The molecule has 0 aliphatic rings. The monoisotopic (exact) mass is 267 g/mol. The summed E-state index contributed by atoms with van der Waals surface area (Å²) in [7, 11) is 0. The average Bonchev–Trinajstić information content (AvgIpc) is 2.32. The van der Waals surface area contributed by atoms with Crippen molar-refractivity contribution in [1.82, 2.24) is 5.32 Å². The van der Waals surface area contributed by atoms with Crippen molar-refractivity contribution >= 4 is 17.5 Å². The van der Waals surface area contributed by atoms with Crippen LogP contribution in [-0.2, 0) is 4.79 Å². The minimum Gasteiger partial charge on any atom is -0.398 e. The smallest absolute Gasteiger partial charge is 0.251 e. The van der Waals surface area contributed by atoms with Crippen molar-refractivity contribution in [2.75, 3.05) is 12.3 Å². The highest BCUT2D eigenvalue weighted by atomic mass is 19.1. The molecular formula is C13H18FN3O2. The van der Waals surface area contributed by atoms with Crippen molar-refractivity contribution in [2.45, 2.75) is 20.8 Å². The van der Waals surface area contributed by atoms with Crippen LogP contribution in [0.2, 0.25) is 0 Å². The standard InChI is InChI=1S/C13H18FN3O2/c1-7-9(14)4-8(5-10(7)15)11(18)17-6-13(2,3)12(16)19/h4-5H,6,15H2,1-3H3,(H2,16,19)(H,17,18). The molecule has 1 rings (SSSR count). The van der Waals surface area contributed by atoms with Crippen molar-refractivity contribution in [3.8, 4) is 0 Å². The van der Waals surface area contributed by atoms with Crippen molar-refractivity contribution in [3.05, 3.63) is 29.1 Å². The first-order valence-corrected chi connectivity index (χ1v) is 5.79. The molecule has 1 aromatic rings. The quantitative estimate of drug-likeness (QED) is 0.708. The molecule has 5 N–H and O–H groups in total. The number of hydrogen-bond acceptors (Lipinski definition) is 3. The van der Waals surface area contributed by atoms with E-state index in [2.05, 4.69) is 5.32 Å². The molecule has 104 valence electrons. The highest BCUT2D eigenvalue weighted by molar-refractivity contribution is 5.95. The van der Waals surface area contributed by atoms with Gasteiger partial charge in [-0.25, -0.2) is 4.39 Å². The van der Waals surface area contributed by atoms with E-state index in [1.54, 1.807) is 13.8 Å². The molecule has 0 aromatic heterocycles. The van der Waals surface area contributed by atoms with E-state index < -0.39 is 23.0 Å². The molecule has 0 radical (unpaired) electrons. The lowest BCUT2D eigenvalue weighted by atomic mass is 9.92. The van der Waals surface area contributed by atoms with Crippen LogP contribution in [0.4, 0.5) is 10.1 Å². The Bertz CT molecular complexity index is 504. The van der Waals surface area contributed by atoms with Gasteiger partial charge in [0.1, 0.15) is 5.82 Å². The number of benzene rings is 1. The number of carbonyl (C=O) groups excluding carboxylic acids is 2. The number of anilines is 1. The van der Waals surface area contributed by atoms with E-state index >= 15 is 0 Å². The third-order valence-electron chi connectivity index (χ3n) is 3.00. The number of rotatable bonds is 4. The Balaban J connectivity index is 2.83. The second-order valence-corrected chi connectivity index (χ2v) is 5.10. The van der Waals surface area contributed by atoms with Crippen LogP contribution < -0.4 is 16.8 Å². The fourth-order valence-corrected chi connectivity index (χ4v) is 1.32. The van der Waals surface area contributed by atoms with Gasteiger partial charge in [0.05, 0.1) is 5.41 Å². The van der Waals surface area contributed by atoms with Gasteiger partial charge in [0.15, 0.2) is 0 Å². The lowest BCUT2D eigenvalue weighted by molar-refractivity contribution is -0.125. The zero-order valence-electron chi connectivity index (χ0n) is 11.2. The summed E-state index contributed by atoms with van der Waals surface area (Å²) in [6.07, 6.45) is 0. The maximum absolute atomic E-state index is 13.5. The first-order chi connectivity index (χ1) is 8.65. The van der Waals surface area contributed by atoms with Crippen LogP contribution >= 0.6 is 0 Å². The summed E-state index contributed by atoms with van der Waals surface area (Å²) < 4.78 is 13.5. The number of primary amides is 1. The number of nitrogen functional groups attached to an aromatic ring is 1. The first kappa shape index (κ1) is 14.9. The van der Waals surface area contributed by atoms with Gasteiger partial charge in [-0.2, -0.15) is 0 Å². The maximum Gasteiger partial charge on any atom is 0.251 e. The highest BCUT2D eigenvalue weighted by Gasteiger charge is 2.25. The second kappa shape index (κ2) is 5.26. The van der Waals surface area contributed by atoms with Gasteiger partial charge in [-0.1, -0.05) is 0 Å². The summed E-state index contributed by atoms with van der Waals surface area (Å²) in [5.41, 5.74) is 10.5. The van der Waals surface area contributed by atoms with Crippen molar-refractivity contribution < 1.29 is 14.0 Å². The van der Waals surface area contributed by atoms with Crippen LogP contribution in [0.1, 0.15) is 29.8 Å².